The van der Waals surface area contributed by atoms with Crippen molar-refractivity contribution in [3.8, 4) is 11.3 Å². The lowest BCUT2D eigenvalue weighted by atomic mass is 10.0. The van der Waals surface area contributed by atoms with E-state index >= 15 is 0 Å². The van der Waals surface area contributed by atoms with Gasteiger partial charge in [0.2, 0.25) is 0 Å². The summed E-state index contributed by atoms with van der Waals surface area (Å²) < 4.78 is 1.73. The van der Waals surface area contributed by atoms with Gasteiger partial charge in [0.05, 0.1) is 12.0 Å². The predicted molar refractivity (Wildman–Crippen MR) is 65.1 cm³/mol. The molecule has 4 heteroatoms. The summed E-state index contributed by atoms with van der Waals surface area (Å²) in [6.45, 7) is 4.04. The van der Waals surface area contributed by atoms with Crippen molar-refractivity contribution in [1.29, 1.82) is 0 Å². The number of carbonyl (C=O) groups is 1. The summed E-state index contributed by atoms with van der Waals surface area (Å²) in [6.07, 6.45) is 1.52. The number of hydrogen-bond acceptors (Lipinski definition) is 2. The van der Waals surface area contributed by atoms with Crippen molar-refractivity contribution in [2.45, 2.75) is 13.8 Å². The number of aryl methyl sites for hydroxylation is 3. The lowest BCUT2D eigenvalue weighted by Crippen LogP contribution is -2.01. The summed E-state index contributed by atoms with van der Waals surface area (Å²) in [6, 6.07) is 5.90. The van der Waals surface area contributed by atoms with E-state index in [1.54, 1.807) is 11.6 Å². The fourth-order valence-electron chi connectivity index (χ4n) is 1.82. The zero-order valence-electron chi connectivity index (χ0n) is 10.1. The van der Waals surface area contributed by atoms with Crippen LogP contribution in [-0.2, 0) is 7.05 Å². The molecular formula is C13H14N2O2. The van der Waals surface area contributed by atoms with Crippen LogP contribution in [0.3, 0.4) is 0 Å². The van der Waals surface area contributed by atoms with Crippen LogP contribution in [0.5, 0.6) is 0 Å². The van der Waals surface area contributed by atoms with Crippen molar-refractivity contribution in [1.82, 2.24) is 9.55 Å². The average molecular weight is 230 g/mol. The van der Waals surface area contributed by atoms with E-state index in [1.807, 2.05) is 32.0 Å². The molecule has 0 unspecified atom stereocenters. The minimum Gasteiger partial charge on any atom is -0.476 e. The third-order valence-electron chi connectivity index (χ3n) is 2.92. The van der Waals surface area contributed by atoms with Gasteiger partial charge in [0.15, 0.2) is 5.69 Å². The molecule has 0 atom stereocenters. The normalized spacial score (nSPS) is 10.5. The van der Waals surface area contributed by atoms with Gasteiger partial charge in [0, 0.05) is 12.6 Å². The molecule has 0 amide bonds. The van der Waals surface area contributed by atoms with E-state index in [1.165, 1.54) is 11.9 Å². The van der Waals surface area contributed by atoms with Gasteiger partial charge in [-0.2, -0.15) is 0 Å². The lowest BCUT2D eigenvalue weighted by Gasteiger charge is -2.07. The molecule has 1 aromatic carbocycles. The van der Waals surface area contributed by atoms with E-state index in [2.05, 4.69) is 4.98 Å². The molecule has 17 heavy (non-hydrogen) atoms. The number of nitrogens with zero attached hydrogens (tertiary/aromatic N) is 2. The average Bonchev–Trinajstić information content (AvgIpc) is 2.64. The van der Waals surface area contributed by atoms with Crippen molar-refractivity contribution in [3.63, 3.8) is 0 Å². The summed E-state index contributed by atoms with van der Waals surface area (Å²) in [7, 11) is 1.80. The standard InChI is InChI=1S/C13H14N2O2/c1-8-4-5-10(6-9(8)2)12-11(13(16)17)14-7-15(12)3/h4-7H,1-3H3,(H,16,17). The number of imidazole rings is 1. The van der Waals surface area contributed by atoms with Gasteiger partial charge < -0.3 is 9.67 Å². The van der Waals surface area contributed by atoms with Gasteiger partial charge in [0.1, 0.15) is 0 Å². The molecule has 4 nitrogen and oxygen atoms in total. The number of benzene rings is 1. The molecule has 0 fully saturated rings. The molecule has 0 bridgehead atoms. The number of carboxylic acid groups (broad SMARTS) is 1. The highest BCUT2D eigenvalue weighted by Gasteiger charge is 2.17. The Hall–Kier alpha value is -2.10. The molecule has 1 heterocycles. The van der Waals surface area contributed by atoms with Crippen LogP contribution in [0.25, 0.3) is 11.3 Å². The van der Waals surface area contributed by atoms with Gasteiger partial charge in [-0.3, -0.25) is 0 Å². The summed E-state index contributed by atoms with van der Waals surface area (Å²) in [5.74, 6) is -1.00. The minimum absolute atomic E-state index is 0.0933. The van der Waals surface area contributed by atoms with Crippen LogP contribution in [0.15, 0.2) is 24.5 Å². The summed E-state index contributed by atoms with van der Waals surface area (Å²) in [5, 5.41) is 9.09. The maximum absolute atomic E-state index is 11.1. The Morgan fingerprint density at radius 2 is 2.00 bits per heavy atom. The van der Waals surface area contributed by atoms with Gasteiger partial charge in [-0.05, 0) is 31.0 Å². The largest absolute Gasteiger partial charge is 0.476 e. The molecule has 0 saturated heterocycles. The van der Waals surface area contributed by atoms with Crippen molar-refractivity contribution >= 4 is 5.97 Å². The summed E-state index contributed by atoms with van der Waals surface area (Å²) in [4.78, 5) is 15.0. The quantitative estimate of drug-likeness (QED) is 0.861. The Morgan fingerprint density at radius 3 is 2.59 bits per heavy atom. The molecule has 0 radical (unpaired) electrons. The van der Waals surface area contributed by atoms with Crippen molar-refractivity contribution in [3.05, 3.63) is 41.3 Å². The van der Waals surface area contributed by atoms with E-state index < -0.39 is 5.97 Å². The third kappa shape index (κ3) is 1.93. The lowest BCUT2D eigenvalue weighted by molar-refractivity contribution is 0.0692. The first kappa shape index (κ1) is 11.4. The van der Waals surface area contributed by atoms with Gasteiger partial charge in [-0.15, -0.1) is 0 Å². The Morgan fingerprint density at radius 1 is 1.29 bits per heavy atom. The van der Waals surface area contributed by atoms with Crippen LogP contribution in [0.4, 0.5) is 0 Å². The highest BCUT2D eigenvalue weighted by atomic mass is 16.4. The number of rotatable bonds is 2. The third-order valence-corrected chi connectivity index (χ3v) is 2.92. The fourth-order valence-corrected chi connectivity index (χ4v) is 1.82. The van der Waals surface area contributed by atoms with E-state index in [9.17, 15) is 4.79 Å². The molecule has 0 spiro atoms. The number of carboxylic acids is 1. The van der Waals surface area contributed by atoms with E-state index in [-0.39, 0.29) is 5.69 Å². The Balaban J connectivity index is 2.63. The highest BCUT2D eigenvalue weighted by Crippen LogP contribution is 2.24. The van der Waals surface area contributed by atoms with Crippen LogP contribution >= 0.6 is 0 Å². The molecule has 2 rings (SSSR count). The van der Waals surface area contributed by atoms with Gasteiger partial charge >= 0.3 is 5.97 Å². The zero-order chi connectivity index (χ0) is 12.6. The Kier molecular flexibility index (Phi) is 2.71. The molecule has 0 aliphatic carbocycles. The predicted octanol–water partition coefficient (Wildman–Crippen LogP) is 2.40. The van der Waals surface area contributed by atoms with Crippen LogP contribution in [0, 0.1) is 13.8 Å². The number of aromatic carboxylic acids is 1. The monoisotopic (exact) mass is 230 g/mol. The molecule has 0 aliphatic rings. The second-order valence-corrected chi connectivity index (χ2v) is 4.16. The highest BCUT2D eigenvalue weighted by molar-refractivity contribution is 5.93. The molecule has 2 aromatic rings. The molecular weight excluding hydrogens is 216 g/mol. The Labute approximate surface area is 99.5 Å². The second kappa shape index (κ2) is 4.05. The molecule has 88 valence electrons. The molecule has 0 saturated carbocycles. The first-order chi connectivity index (χ1) is 8.00. The van der Waals surface area contributed by atoms with Crippen LogP contribution < -0.4 is 0 Å². The van der Waals surface area contributed by atoms with E-state index in [4.69, 9.17) is 5.11 Å². The maximum atomic E-state index is 11.1. The molecule has 1 N–H and O–H groups in total. The van der Waals surface area contributed by atoms with Crippen LogP contribution in [0.1, 0.15) is 21.6 Å². The van der Waals surface area contributed by atoms with Crippen molar-refractivity contribution in [2.75, 3.05) is 0 Å². The number of aromatic nitrogens is 2. The van der Waals surface area contributed by atoms with Gasteiger partial charge in [-0.1, -0.05) is 12.1 Å². The van der Waals surface area contributed by atoms with Gasteiger partial charge in [0.25, 0.3) is 0 Å². The van der Waals surface area contributed by atoms with Crippen molar-refractivity contribution in [2.24, 2.45) is 7.05 Å². The maximum Gasteiger partial charge on any atom is 0.356 e. The molecule has 0 aliphatic heterocycles. The first-order valence-electron chi connectivity index (χ1n) is 5.33. The summed E-state index contributed by atoms with van der Waals surface area (Å²) in [5.41, 5.74) is 3.94. The smallest absolute Gasteiger partial charge is 0.356 e. The van der Waals surface area contributed by atoms with E-state index in [0.29, 0.717) is 5.69 Å². The van der Waals surface area contributed by atoms with Gasteiger partial charge in [-0.25, -0.2) is 9.78 Å². The number of hydrogen-bond donors (Lipinski definition) is 1. The minimum atomic E-state index is -1.00. The van der Waals surface area contributed by atoms with Crippen LogP contribution in [-0.4, -0.2) is 20.6 Å². The fraction of sp³-hybridized carbons (Fsp3) is 0.231. The Bertz CT molecular complexity index is 585. The van der Waals surface area contributed by atoms with E-state index in [0.717, 1.165) is 11.1 Å². The second-order valence-electron chi connectivity index (χ2n) is 4.16. The first-order valence-corrected chi connectivity index (χ1v) is 5.33. The van der Waals surface area contributed by atoms with Crippen molar-refractivity contribution < 1.29 is 9.90 Å². The molecule has 1 aromatic heterocycles. The van der Waals surface area contributed by atoms with Crippen LogP contribution in [0.2, 0.25) is 0 Å². The SMILES string of the molecule is Cc1ccc(-c2c(C(=O)O)ncn2C)cc1C. The topological polar surface area (TPSA) is 55.1 Å². The zero-order valence-corrected chi connectivity index (χ0v) is 10.1. The summed E-state index contributed by atoms with van der Waals surface area (Å²) >= 11 is 0.